The molecule has 1 aromatic carbocycles. The van der Waals surface area contributed by atoms with Crippen molar-refractivity contribution in [2.45, 2.75) is 27.7 Å². The second kappa shape index (κ2) is 11.9. The molecule has 0 aliphatic carbocycles. The lowest BCUT2D eigenvalue weighted by molar-refractivity contribution is 0.0508. The first-order chi connectivity index (χ1) is 17.4. The minimum Gasteiger partial charge on any atom is -0.462 e. The second-order valence-electron chi connectivity index (χ2n) is 7.36. The number of carbonyl (C=O) groups excluding carboxylic acids is 4. The van der Waals surface area contributed by atoms with Gasteiger partial charge in [0.05, 0.1) is 37.6 Å². The highest BCUT2D eigenvalue weighted by Crippen LogP contribution is 2.34. The third-order valence-electron chi connectivity index (χ3n) is 5.17. The summed E-state index contributed by atoms with van der Waals surface area (Å²) in [6.07, 6.45) is 2.80. The quantitative estimate of drug-likeness (QED) is 0.312. The minimum absolute atomic E-state index is 0.105. The second-order valence-corrected chi connectivity index (χ2v) is 7.36. The van der Waals surface area contributed by atoms with Crippen LogP contribution >= 0.6 is 0 Å². The van der Waals surface area contributed by atoms with Crippen molar-refractivity contribution in [2.75, 3.05) is 26.4 Å². The molecule has 2 aromatic heterocycles. The molecule has 0 radical (unpaired) electrons. The Morgan fingerprint density at radius 1 is 0.556 bits per heavy atom. The zero-order valence-corrected chi connectivity index (χ0v) is 20.6. The third kappa shape index (κ3) is 5.32. The number of aromatic amines is 2. The van der Waals surface area contributed by atoms with Gasteiger partial charge >= 0.3 is 23.9 Å². The normalized spacial score (nSPS) is 10.6. The van der Waals surface area contributed by atoms with Gasteiger partial charge < -0.3 is 28.9 Å². The number of esters is 4. The number of hydrogen-bond donors (Lipinski definition) is 2. The molecule has 0 atom stereocenters. The van der Waals surface area contributed by atoms with Crippen LogP contribution in [-0.4, -0.2) is 60.3 Å². The standard InChI is InChI=1S/C26H28N2O8/c1-5-33-23(29)17-13-27-21(25(31)35-7-3)19(17)15-9-11-16(12-10-15)20-18(24(30)34-6-2)14-28-22(20)26(32)36-8-4/h9-14,27-28H,5-8H2,1-4H3. The Kier molecular flexibility index (Phi) is 8.66. The molecule has 0 aliphatic rings. The lowest BCUT2D eigenvalue weighted by Crippen LogP contribution is -2.09. The van der Waals surface area contributed by atoms with Crippen LogP contribution in [0.5, 0.6) is 0 Å². The minimum atomic E-state index is -0.619. The van der Waals surface area contributed by atoms with Gasteiger partial charge in [0, 0.05) is 23.5 Å². The summed E-state index contributed by atoms with van der Waals surface area (Å²) in [5.41, 5.74) is 2.26. The molecule has 2 N–H and O–H groups in total. The van der Waals surface area contributed by atoms with Gasteiger partial charge in [-0.3, -0.25) is 0 Å². The van der Waals surface area contributed by atoms with Gasteiger partial charge in [-0.15, -0.1) is 0 Å². The fourth-order valence-electron chi connectivity index (χ4n) is 3.72. The van der Waals surface area contributed by atoms with Gasteiger partial charge in [-0.05, 0) is 38.8 Å². The number of ether oxygens (including phenoxy) is 4. The molecular weight excluding hydrogens is 468 g/mol. The zero-order valence-electron chi connectivity index (χ0n) is 20.6. The molecule has 36 heavy (non-hydrogen) atoms. The molecule has 0 aliphatic heterocycles. The van der Waals surface area contributed by atoms with Crippen LogP contribution in [0.2, 0.25) is 0 Å². The Hall–Kier alpha value is -4.34. The molecule has 10 heteroatoms. The Labute approximate surface area is 207 Å². The van der Waals surface area contributed by atoms with Gasteiger partial charge in [0.1, 0.15) is 11.4 Å². The fourth-order valence-corrected chi connectivity index (χ4v) is 3.72. The number of carbonyl (C=O) groups is 4. The lowest BCUT2D eigenvalue weighted by Gasteiger charge is -2.10. The maximum atomic E-state index is 12.5. The van der Waals surface area contributed by atoms with E-state index in [-0.39, 0.29) is 48.9 Å². The van der Waals surface area contributed by atoms with Crippen molar-refractivity contribution >= 4 is 23.9 Å². The van der Waals surface area contributed by atoms with E-state index in [1.54, 1.807) is 52.0 Å². The summed E-state index contributed by atoms with van der Waals surface area (Å²) in [6.45, 7) is 7.38. The fraction of sp³-hybridized carbons (Fsp3) is 0.308. The molecule has 3 aromatic rings. The Morgan fingerprint density at radius 3 is 1.17 bits per heavy atom. The first kappa shape index (κ1) is 26.3. The summed E-state index contributed by atoms with van der Waals surface area (Å²) < 4.78 is 20.5. The summed E-state index contributed by atoms with van der Waals surface area (Å²) in [5.74, 6) is -2.43. The van der Waals surface area contributed by atoms with Gasteiger partial charge in [0.25, 0.3) is 0 Å². The average Bonchev–Trinajstić information content (AvgIpc) is 3.50. The van der Waals surface area contributed by atoms with Crippen LogP contribution in [-0.2, 0) is 18.9 Å². The van der Waals surface area contributed by atoms with Crippen molar-refractivity contribution in [1.82, 2.24) is 9.97 Å². The van der Waals surface area contributed by atoms with E-state index in [0.29, 0.717) is 22.3 Å². The highest BCUT2D eigenvalue weighted by Gasteiger charge is 2.27. The average molecular weight is 497 g/mol. The van der Waals surface area contributed by atoms with E-state index in [1.807, 2.05) is 0 Å². The van der Waals surface area contributed by atoms with Gasteiger partial charge in [0.2, 0.25) is 0 Å². The molecule has 0 saturated heterocycles. The lowest BCUT2D eigenvalue weighted by atomic mass is 9.96. The predicted molar refractivity (Wildman–Crippen MR) is 130 cm³/mol. The van der Waals surface area contributed by atoms with Crippen molar-refractivity contribution < 1.29 is 38.1 Å². The largest absolute Gasteiger partial charge is 0.462 e. The van der Waals surface area contributed by atoms with Crippen LogP contribution in [0.25, 0.3) is 22.3 Å². The van der Waals surface area contributed by atoms with Gasteiger partial charge in [-0.2, -0.15) is 0 Å². The molecular formula is C26H28N2O8. The highest BCUT2D eigenvalue weighted by molar-refractivity contribution is 6.07. The van der Waals surface area contributed by atoms with Crippen LogP contribution in [0, 0.1) is 0 Å². The molecule has 190 valence electrons. The zero-order chi connectivity index (χ0) is 26.2. The molecule has 0 fully saturated rings. The number of aromatic nitrogens is 2. The van der Waals surface area contributed by atoms with Crippen molar-refractivity contribution in [1.29, 1.82) is 0 Å². The SMILES string of the molecule is CCOC(=O)c1c[nH]c(C(=O)OCC)c1-c1ccc(-c2c(C(=O)OCC)c[nH]c2C(=O)OCC)cc1. The summed E-state index contributed by atoms with van der Waals surface area (Å²) in [4.78, 5) is 55.8. The maximum Gasteiger partial charge on any atom is 0.355 e. The molecule has 2 heterocycles. The van der Waals surface area contributed by atoms with E-state index >= 15 is 0 Å². The van der Waals surface area contributed by atoms with Crippen molar-refractivity contribution in [3.63, 3.8) is 0 Å². The first-order valence-electron chi connectivity index (χ1n) is 11.6. The van der Waals surface area contributed by atoms with E-state index in [9.17, 15) is 19.2 Å². The number of benzene rings is 1. The van der Waals surface area contributed by atoms with Gasteiger partial charge in [-0.1, -0.05) is 24.3 Å². The smallest absolute Gasteiger partial charge is 0.355 e. The van der Waals surface area contributed by atoms with E-state index in [2.05, 4.69) is 9.97 Å². The van der Waals surface area contributed by atoms with E-state index in [0.717, 1.165) is 0 Å². The van der Waals surface area contributed by atoms with Crippen LogP contribution in [0.1, 0.15) is 69.4 Å². The molecule has 0 unspecified atom stereocenters. The Bertz CT molecular complexity index is 1090. The maximum absolute atomic E-state index is 12.5. The highest BCUT2D eigenvalue weighted by atomic mass is 16.5. The number of nitrogens with one attached hydrogen (secondary N) is 2. The van der Waals surface area contributed by atoms with E-state index < -0.39 is 23.9 Å². The molecule has 0 saturated carbocycles. The predicted octanol–water partition coefficient (Wildman–Crippen LogP) is 4.38. The summed E-state index contributed by atoms with van der Waals surface area (Å²) in [7, 11) is 0. The van der Waals surface area contributed by atoms with Crippen molar-refractivity contribution in [3.8, 4) is 22.3 Å². The Morgan fingerprint density at radius 2 is 0.861 bits per heavy atom. The molecule has 0 amide bonds. The van der Waals surface area contributed by atoms with Crippen LogP contribution < -0.4 is 0 Å². The summed E-state index contributed by atoms with van der Waals surface area (Å²) in [6, 6.07) is 6.67. The molecule has 10 nitrogen and oxygen atoms in total. The van der Waals surface area contributed by atoms with E-state index in [1.165, 1.54) is 12.4 Å². The van der Waals surface area contributed by atoms with Crippen molar-refractivity contribution in [3.05, 3.63) is 59.2 Å². The van der Waals surface area contributed by atoms with Crippen LogP contribution in [0.3, 0.4) is 0 Å². The molecule has 0 bridgehead atoms. The summed E-state index contributed by atoms with van der Waals surface area (Å²) in [5, 5.41) is 0. The first-order valence-corrected chi connectivity index (χ1v) is 11.6. The Balaban J connectivity index is 2.12. The number of H-pyrrole nitrogens is 2. The number of rotatable bonds is 10. The van der Waals surface area contributed by atoms with Crippen molar-refractivity contribution in [2.24, 2.45) is 0 Å². The topological polar surface area (TPSA) is 137 Å². The molecule has 3 rings (SSSR count). The van der Waals surface area contributed by atoms with Gasteiger partial charge in [-0.25, -0.2) is 19.2 Å². The third-order valence-corrected chi connectivity index (χ3v) is 5.17. The van der Waals surface area contributed by atoms with E-state index in [4.69, 9.17) is 18.9 Å². The summed E-state index contributed by atoms with van der Waals surface area (Å²) >= 11 is 0. The monoisotopic (exact) mass is 496 g/mol. The molecule has 0 spiro atoms. The van der Waals surface area contributed by atoms with Crippen LogP contribution in [0.15, 0.2) is 36.7 Å². The van der Waals surface area contributed by atoms with Crippen LogP contribution in [0.4, 0.5) is 0 Å². The number of hydrogen-bond acceptors (Lipinski definition) is 8. The van der Waals surface area contributed by atoms with Gasteiger partial charge in [0.15, 0.2) is 0 Å².